The summed E-state index contributed by atoms with van der Waals surface area (Å²) in [6, 6.07) is 7.79. The molecule has 122 valence electrons. The zero-order valence-corrected chi connectivity index (χ0v) is 13.6. The standard InChI is InChI=1S/C18H18N4O2/c1-19-17-16-14(8-12(11-5-6-11)9-15(16)24-2)22(18(23)21-17)13-4-3-7-20-10-13/h3-4,7-11H,5-6H2,1-2H3,(H,19,21,23). The average molecular weight is 322 g/mol. The van der Waals surface area contributed by atoms with E-state index in [1.54, 1.807) is 31.1 Å². The first-order valence-electron chi connectivity index (χ1n) is 7.95. The van der Waals surface area contributed by atoms with Gasteiger partial charge in [-0.2, -0.15) is 4.98 Å². The van der Waals surface area contributed by atoms with E-state index in [2.05, 4.69) is 27.4 Å². The van der Waals surface area contributed by atoms with Crippen LogP contribution in [0.5, 0.6) is 5.75 Å². The van der Waals surface area contributed by atoms with Gasteiger partial charge in [0.25, 0.3) is 0 Å². The van der Waals surface area contributed by atoms with E-state index >= 15 is 0 Å². The molecule has 3 aromatic rings. The van der Waals surface area contributed by atoms with Crippen molar-refractivity contribution >= 4 is 16.7 Å². The summed E-state index contributed by atoms with van der Waals surface area (Å²) in [5.41, 5.74) is 2.34. The topological polar surface area (TPSA) is 69.0 Å². The van der Waals surface area contributed by atoms with Crippen molar-refractivity contribution in [3.05, 3.63) is 52.7 Å². The quantitative estimate of drug-likeness (QED) is 0.800. The number of hydrogen-bond donors (Lipinski definition) is 1. The highest BCUT2D eigenvalue weighted by molar-refractivity contribution is 5.96. The van der Waals surface area contributed by atoms with E-state index in [9.17, 15) is 4.79 Å². The largest absolute Gasteiger partial charge is 0.496 e. The molecular weight excluding hydrogens is 304 g/mol. The van der Waals surface area contributed by atoms with E-state index < -0.39 is 0 Å². The van der Waals surface area contributed by atoms with Gasteiger partial charge in [0.05, 0.1) is 29.9 Å². The molecule has 2 aromatic heterocycles. The normalized spacial score (nSPS) is 13.9. The highest BCUT2D eigenvalue weighted by Gasteiger charge is 2.26. The summed E-state index contributed by atoms with van der Waals surface area (Å²) in [6.07, 6.45) is 5.70. The lowest BCUT2D eigenvalue weighted by Crippen LogP contribution is -2.23. The molecule has 1 aliphatic carbocycles. The molecule has 0 saturated heterocycles. The number of ether oxygens (including phenoxy) is 1. The van der Waals surface area contributed by atoms with Crippen molar-refractivity contribution < 1.29 is 4.74 Å². The monoisotopic (exact) mass is 322 g/mol. The number of nitrogens with one attached hydrogen (secondary N) is 1. The van der Waals surface area contributed by atoms with Crippen LogP contribution in [0.4, 0.5) is 5.82 Å². The van der Waals surface area contributed by atoms with Crippen LogP contribution < -0.4 is 15.7 Å². The van der Waals surface area contributed by atoms with Crippen LogP contribution in [0.15, 0.2) is 41.5 Å². The highest BCUT2D eigenvalue weighted by Crippen LogP contribution is 2.44. The number of pyridine rings is 1. The molecule has 1 aliphatic rings. The van der Waals surface area contributed by atoms with E-state index in [0.29, 0.717) is 17.4 Å². The first kappa shape index (κ1) is 14.7. The lowest BCUT2D eigenvalue weighted by Gasteiger charge is -2.16. The number of methoxy groups -OCH3 is 1. The number of nitrogens with zero attached hydrogens (tertiary/aromatic N) is 3. The lowest BCUT2D eigenvalue weighted by atomic mass is 10.1. The second-order valence-corrected chi connectivity index (χ2v) is 5.93. The molecule has 0 bridgehead atoms. The van der Waals surface area contributed by atoms with Gasteiger partial charge in [-0.1, -0.05) is 0 Å². The Bertz CT molecular complexity index is 962. The van der Waals surface area contributed by atoms with Crippen molar-refractivity contribution in [2.45, 2.75) is 18.8 Å². The molecule has 0 spiro atoms. The van der Waals surface area contributed by atoms with Crippen LogP contribution in [0.1, 0.15) is 24.3 Å². The molecule has 6 nitrogen and oxygen atoms in total. The third-order valence-corrected chi connectivity index (χ3v) is 4.39. The number of rotatable bonds is 4. The average Bonchev–Trinajstić information content (AvgIpc) is 3.45. The summed E-state index contributed by atoms with van der Waals surface area (Å²) in [4.78, 5) is 21.0. The van der Waals surface area contributed by atoms with Gasteiger partial charge in [0, 0.05) is 13.2 Å². The van der Waals surface area contributed by atoms with Crippen LogP contribution in [0.2, 0.25) is 0 Å². The zero-order valence-electron chi connectivity index (χ0n) is 13.6. The summed E-state index contributed by atoms with van der Waals surface area (Å²) in [7, 11) is 3.40. The van der Waals surface area contributed by atoms with Gasteiger partial charge < -0.3 is 10.1 Å². The van der Waals surface area contributed by atoms with E-state index in [1.807, 2.05) is 12.1 Å². The summed E-state index contributed by atoms with van der Waals surface area (Å²) < 4.78 is 7.20. The molecule has 1 fully saturated rings. The van der Waals surface area contributed by atoms with E-state index in [-0.39, 0.29) is 5.69 Å². The smallest absolute Gasteiger partial charge is 0.354 e. The molecule has 0 radical (unpaired) electrons. The van der Waals surface area contributed by atoms with Crippen LogP contribution in [0, 0.1) is 0 Å². The second-order valence-electron chi connectivity index (χ2n) is 5.93. The van der Waals surface area contributed by atoms with Crippen LogP contribution >= 0.6 is 0 Å². The molecule has 1 N–H and O–H groups in total. The predicted molar refractivity (Wildman–Crippen MR) is 93.2 cm³/mol. The van der Waals surface area contributed by atoms with Gasteiger partial charge in [0.2, 0.25) is 0 Å². The summed E-state index contributed by atoms with van der Waals surface area (Å²) >= 11 is 0. The summed E-state index contributed by atoms with van der Waals surface area (Å²) in [5, 5.41) is 3.81. The third-order valence-electron chi connectivity index (χ3n) is 4.39. The Kier molecular flexibility index (Phi) is 3.45. The number of benzene rings is 1. The van der Waals surface area contributed by atoms with E-state index in [4.69, 9.17) is 4.74 Å². The Labute approximate surface area is 139 Å². The molecule has 0 aliphatic heterocycles. The first-order valence-corrected chi connectivity index (χ1v) is 7.95. The first-order chi connectivity index (χ1) is 11.7. The van der Waals surface area contributed by atoms with Gasteiger partial charge >= 0.3 is 5.69 Å². The number of anilines is 1. The van der Waals surface area contributed by atoms with Crippen molar-refractivity contribution in [2.24, 2.45) is 0 Å². The molecule has 1 aromatic carbocycles. The molecule has 0 atom stereocenters. The van der Waals surface area contributed by atoms with Crippen molar-refractivity contribution in [2.75, 3.05) is 19.5 Å². The Hall–Kier alpha value is -2.89. The van der Waals surface area contributed by atoms with Gasteiger partial charge in [-0.3, -0.25) is 9.55 Å². The lowest BCUT2D eigenvalue weighted by molar-refractivity contribution is 0.419. The maximum Gasteiger partial charge on any atom is 0.354 e. The van der Waals surface area contributed by atoms with Gasteiger partial charge in [-0.05, 0) is 48.6 Å². The fourth-order valence-corrected chi connectivity index (χ4v) is 3.07. The molecule has 0 amide bonds. The van der Waals surface area contributed by atoms with E-state index in [1.165, 1.54) is 18.4 Å². The fraction of sp³-hybridized carbons (Fsp3) is 0.278. The van der Waals surface area contributed by atoms with Gasteiger partial charge in [-0.15, -0.1) is 0 Å². The number of hydrogen-bond acceptors (Lipinski definition) is 5. The second kappa shape index (κ2) is 5.63. The summed E-state index contributed by atoms with van der Waals surface area (Å²) in [6.45, 7) is 0. The maximum atomic E-state index is 12.7. The van der Waals surface area contributed by atoms with Crippen molar-refractivity contribution in [3.63, 3.8) is 0 Å². The molecule has 4 rings (SSSR count). The van der Waals surface area contributed by atoms with Crippen molar-refractivity contribution in [3.8, 4) is 11.4 Å². The van der Waals surface area contributed by atoms with Gasteiger partial charge in [0.1, 0.15) is 11.6 Å². The Morgan fingerprint density at radius 3 is 2.79 bits per heavy atom. The Morgan fingerprint density at radius 1 is 1.33 bits per heavy atom. The van der Waals surface area contributed by atoms with Crippen molar-refractivity contribution in [1.82, 2.24) is 14.5 Å². The van der Waals surface area contributed by atoms with E-state index in [0.717, 1.165) is 16.7 Å². The third kappa shape index (κ3) is 2.31. The van der Waals surface area contributed by atoms with Crippen LogP contribution in [0.3, 0.4) is 0 Å². The maximum absolute atomic E-state index is 12.7. The minimum atomic E-state index is -0.338. The van der Waals surface area contributed by atoms with Gasteiger partial charge in [0.15, 0.2) is 0 Å². The number of fused-ring (bicyclic) bond motifs is 1. The van der Waals surface area contributed by atoms with Crippen molar-refractivity contribution in [1.29, 1.82) is 0 Å². The van der Waals surface area contributed by atoms with Crippen LogP contribution in [0.25, 0.3) is 16.6 Å². The zero-order chi connectivity index (χ0) is 16.7. The summed E-state index contributed by atoms with van der Waals surface area (Å²) in [5.74, 6) is 1.80. The molecule has 1 saturated carbocycles. The Morgan fingerprint density at radius 2 is 2.17 bits per heavy atom. The van der Waals surface area contributed by atoms with Gasteiger partial charge in [-0.25, -0.2) is 4.79 Å². The van der Waals surface area contributed by atoms with Crippen LogP contribution in [-0.2, 0) is 0 Å². The highest BCUT2D eigenvalue weighted by atomic mass is 16.5. The molecule has 2 heterocycles. The fourth-order valence-electron chi connectivity index (χ4n) is 3.07. The molecular formula is C18H18N4O2. The number of aromatic nitrogens is 3. The van der Waals surface area contributed by atoms with Crippen LogP contribution in [-0.4, -0.2) is 28.7 Å². The molecule has 6 heteroatoms. The molecule has 24 heavy (non-hydrogen) atoms. The minimum Gasteiger partial charge on any atom is -0.496 e. The minimum absolute atomic E-state index is 0.338. The molecule has 0 unspecified atom stereocenters. The predicted octanol–water partition coefficient (Wildman–Crippen LogP) is 2.71. The Balaban J connectivity index is 2.13. The SMILES string of the molecule is CNc1nc(=O)n(-c2cccnc2)c2cc(C3CC3)cc(OC)c12.